The van der Waals surface area contributed by atoms with Gasteiger partial charge in [0.05, 0.1) is 13.1 Å². The first-order valence-corrected chi connectivity index (χ1v) is 8.21. The molecule has 23 heavy (non-hydrogen) atoms. The minimum Gasteiger partial charge on any atom is -0.489 e. The van der Waals surface area contributed by atoms with Crippen LogP contribution in [0.15, 0.2) is 54.0 Å². The van der Waals surface area contributed by atoms with Crippen LogP contribution >= 0.6 is 11.3 Å². The van der Waals surface area contributed by atoms with Gasteiger partial charge in [0.2, 0.25) is 0 Å². The normalized spacial score (nSPS) is 10.4. The van der Waals surface area contributed by atoms with E-state index < -0.39 is 0 Å². The van der Waals surface area contributed by atoms with Gasteiger partial charge in [-0.15, -0.1) is 11.3 Å². The highest BCUT2D eigenvalue weighted by molar-refractivity contribution is 7.09. The first kappa shape index (κ1) is 15.3. The number of hydrogen-bond acceptors (Lipinski definition) is 4. The number of pyridine rings is 1. The number of hydrogen-bond donors (Lipinski definition) is 2. The van der Waals surface area contributed by atoms with Crippen LogP contribution in [0.2, 0.25) is 0 Å². The molecule has 3 rings (SSSR count). The van der Waals surface area contributed by atoms with Crippen molar-refractivity contribution >= 4 is 28.3 Å². The van der Waals surface area contributed by atoms with E-state index in [1.165, 1.54) is 0 Å². The zero-order chi connectivity index (χ0) is 15.9. The molecule has 0 saturated heterocycles. The number of ether oxygens (including phenoxy) is 1. The van der Waals surface area contributed by atoms with Gasteiger partial charge in [-0.1, -0.05) is 24.3 Å². The highest BCUT2D eigenvalue weighted by Gasteiger charge is 2.04. The molecule has 2 aromatic heterocycles. The van der Waals surface area contributed by atoms with E-state index in [0.29, 0.717) is 19.7 Å². The minimum absolute atomic E-state index is 0.196. The highest BCUT2D eigenvalue weighted by atomic mass is 32.1. The number of amides is 2. The Balaban J connectivity index is 1.43. The van der Waals surface area contributed by atoms with Crippen molar-refractivity contribution in [3.63, 3.8) is 0 Å². The van der Waals surface area contributed by atoms with Crippen LogP contribution in [0.1, 0.15) is 4.88 Å². The fourth-order valence-electron chi connectivity index (χ4n) is 2.16. The number of nitrogens with one attached hydrogen (secondary N) is 2. The standard InChI is InChI=1S/C17H17N3O2S/c21-17(20-12-14-6-3-11-23-14)19-9-10-22-15-7-1-4-13-5-2-8-18-16(13)15/h1-8,11H,9-10,12H2,(H2,19,20,21). The molecule has 2 heterocycles. The summed E-state index contributed by atoms with van der Waals surface area (Å²) in [6.07, 6.45) is 1.74. The third kappa shape index (κ3) is 4.20. The van der Waals surface area contributed by atoms with E-state index in [-0.39, 0.29) is 6.03 Å². The summed E-state index contributed by atoms with van der Waals surface area (Å²) in [4.78, 5) is 17.1. The minimum atomic E-state index is -0.196. The number of carbonyl (C=O) groups is 1. The van der Waals surface area contributed by atoms with Crippen LogP contribution in [-0.4, -0.2) is 24.2 Å². The lowest BCUT2D eigenvalue weighted by molar-refractivity contribution is 0.236. The molecule has 3 aromatic rings. The Morgan fingerprint density at radius 3 is 2.91 bits per heavy atom. The number of urea groups is 1. The third-order valence-electron chi connectivity index (χ3n) is 3.24. The van der Waals surface area contributed by atoms with Crippen LogP contribution in [0.4, 0.5) is 4.79 Å². The van der Waals surface area contributed by atoms with Gasteiger partial charge in [0, 0.05) is 16.5 Å². The van der Waals surface area contributed by atoms with Crippen LogP contribution in [0.3, 0.4) is 0 Å². The monoisotopic (exact) mass is 327 g/mol. The summed E-state index contributed by atoms with van der Waals surface area (Å²) in [5.41, 5.74) is 0.831. The van der Waals surface area contributed by atoms with Gasteiger partial charge in [-0.3, -0.25) is 4.98 Å². The van der Waals surface area contributed by atoms with Crippen molar-refractivity contribution in [2.75, 3.05) is 13.2 Å². The molecule has 1 aromatic carbocycles. The van der Waals surface area contributed by atoms with E-state index in [9.17, 15) is 4.79 Å². The lowest BCUT2D eigenvalue weighted by Crippen LogP contribution is -2.37. The zero-order valence-corrected chi connectivity index (χ0v) is 13.3. The van der Waals surface area contributed by atoms with E-state index in [1.54, 1.807) is 17.5 Å². The van der Waals surface area contributed by atoms with Crippen molar-refractivity contribution in [2.24, 2.45) is 0 Å². The van der Waals surface area contributed by atoms with Crippen LogP contribution in [-0.2, 0) is 6.54 Å². The largest absolute Gasteiger partial charge is 0.489 e. The molecule has 0 spiro atoms. The van der Waals surface area contributed by atoms with Gasteiger partial charge in [-0.2, -0.15) is 0 Å². The molecule has 118 valence electrons. The predicted octanol–water partition coefficient (Wildman–Crippen LogP) is 3.17. The number of fused-ring (bicyclic) bond motifs is 1. The maximum atomic E-state index is 11.7. The maximum absolute atomic E-state index is 11.7. The van der Waals surface area contributed by atoms with E-state index in [4.69, 9.17) is 4.74 Å². The third-order valence-corrected chi connectivity index (χ3v) is 4.12. The van der Waals surface area contributed by atoms with Gasteiger partial charge < -0.3 is 15.4 Å². The number of rotatable bonds is 6. The SMILES string of the molecule is O=C(NCCOc1cccc2cccnc12)NCc1cccs1. The first-order chi connectivity index (χ1) is 11.3. The average molecular weight is 327 g/mol. The quantitative estimate of drug-likeness (QED) is 0.684. The predicted molar refractivity (Wildman–Crippen MR) is 91.8 cm³/mol. The first-order valence-electron chi connectivity index (χ1n) is 7.33. The summed E-state index contributed by atoms with van der Waals surface area (Å²) < 4.78 is 5.72. The van der Waals surface area contributed by atoms with Crippen molar-refractivity contribution in [3.05, 3.63) is 58.9 Å². The lowest BCUT2D eigenvalue weighted by Gasteiger charge is -2.10. The number of para-hydroxylation sites is 1. The second kappa shape index (κ2) is 7.60. The van der Waals surface area contributed by atoms with Crippen molar-refractivity contribution in [3.8, 4) is 5.75 Å². The molecule has 0 unspecified atom stereocenters. The van der Waals surface area contributed by atoms with Gasteiger partial charge in [-0.05, 0) is 23.6 Å². The molecule has 0 aliphatic heterocycles. The number of nitrogens with zero attached hydrogens (tertiary/aromatic N) is 1. The van der Waals surface area contributed by atoms with Crippen LogP contribution in [0.25, 0.3) is 10.9 Å². The summed E-state index contributed by atoms with van der Waals surface area (Å²) in [7, 11) is 0. The molecule has 0 bridgehead atoms. The van der Waals surface area contributed by atoms with Crippen molar-refractivity contribution in [2.45, 2.75) is 6.54 Å². The van der Waals surface area contributed by atoms with Crippen LogP contribution in [0, 0.1) is 0 Å². The van der Waals surface area contributed by atoms with Crippen LogP contribution < -0.4 is 15.4 Å². The lowest BCUT2D eigenvalue weighted by atomic mass is 10.2. The fourth-order valence-corrected chi connectivity index (χ4v) is 2.81. The summed E-state index contributed by atoms with van der Waals surface area (Å²) >= 11 is 1.62. The molecule has 2 amide bonds. The molecule has 0 aliphatic carbocycles. The summed E-state index contributed by atoms with van der Waals surface area (Å²) in [6.45, 7) is 1.36. The Kier molecular flexibility index (Phi) is 5.06. The van der Waals surface area contributed by atoms with Gasteiger partial charge in [0.1, 0.15) is 17.9 Å². The summed E-state index contributed by atoms with van der Waals surface area (Å²) in [5.74, 6) is 0.726. The Morgan fingerprint density at radius 1 is 1.13 bits per heavy atom. The number of carbonyl (C=O) groups excluding carboxylic acids is 1. The summed E-state index contributed by atoms with van der Waals surface area (Å²) in [6, 6.07) is 13.4. The molecule has 0 radical (unpaired) electrons. The molecule has 0 atom stereocenters. The Morgan fingerprint density at radius 2 is 2.04 bits per heavy atom. The molecule has 0 fully saturated rings. The van der Waals surface area contributed by atoms with Gasteiger partial charge >= 0.3 is 6.03 Å². The second-order valence-corrected chi connectivity index (χ2v) is 5.90. The van der Waals surface area contributed by atoms with Crippen molar-refractivity contribution < 1.29 is 9.53 Å². The van der Waals surface area contributed by atoms with Gasteiger partial charge in [-0.25, -0.2) is 4.79 Å². The molecule has 0 aliphatic rings. The number of benzene rings is 1. The molecule has 5 nitrogen and oxygen atoms in total. The van der Waals surface area contributed by atoms with Crippen LogP contribution in [0.5, 0.6) is 5.75 Å². The van der Waals surface area contributed by atoms with Crippen molar-refractivity contribution in [1.29, 1.82) is 0 Å². The van der Waals surface area contributed by atoms with Gasteiger partial charge in [0.15, 0.2) is 0 Å². The molecule has 2 N–H and O–H groups in total. The molecule has 0 saturated carbocycles. The maximum Gasteiger partial charge on any atom is 0.315 e. The topological polar surface area (TPSA) is 63.2 Å². The smallest absolute Gasteiger partial charge is 0.315 e. The van der Waals surface area contributed by atoms with E-state index >= 15 is 0 Å². The molecular formula is C17H17N3O2S. The highest BCUT2D eigenvalue weighted by Crippen LogP contribution is 2.22. The van der Waals surface area contributed by atoms with Crippen molar-refractivity contribution in [1.82, 2.24) is 15.6 Å². The Labute approximate surface area is 138 Å². The van der Waals surface area contributed by atoms with E-state index in [2.05, 4.69) is 15.6 Å². The molecular weight excluding hydrogens is 310 g/mol. The molecule has 6 heteroatoms. The average Bonchev–Trinajstić information content (AvgIpc) is 3.10. The zero-order valence-electron chi connectivity index (χ0n) is 12.5. The number of thiophene rings is 1. The van der Waals surface area contributed by atoms with Gasteiger partial charge in [0.25, 0.3) is 0 Å². The second-order valence-electron chi connectivity index (χ2n) is 4.87. The summed E-state index contributed by atoms with van der Waals surface area (Å²) in [5, 5.41) is 8.60. The Bertz CT molecular complexity index is 769. The van der Waals surface area contributed by atoms with E-state index in [0.717, 1.165) is 21.5 Å². The fraction of sp³-hybridized carbons (Fsp3) is 0.176. The number of aromatic nitrogens is 1. The Hall–Kier alpha value is -2.60. The van der Waals surface area contributed by atoms with E-state index in [1.807, 2.05) is 47.8 Å².